The standard InChI is InChI=1S/C25H30ClFN4O2/c26-20-13-28-25(29-14-20)30-8-5-18(6-9-30)23-12-19(23)7-10-33-22-3-1-17(2-4-22)11-24(32)31-15-21(27)16-31/h1-4,13-14,18-19,21,23H,5-12,15-16H2. The number of carbonyl (C=O) groups is 1. The first kappa shape index (κ1) is 22.4. The van der Waals surface area contributed by atoms with E-state index in [0.29, 0.717) is 11.4 Å². The van der Waals surface area contributed by atoms with E-state index >= 15 is 0 Å². The number of aromatic nitrogens is 2. The third-order valence-electron chi connectivity index (χ3n) is 7.24. The van der Waals surface area contributed by atoms with E-state index in [1.54, 1.807) is 17.3 Å². The number of rotatable bonds is 8. The average Bonchev–Trinajstić information content (AvgIpc) is 3.58. The molecular weight excluding hydrogens is 443 g/mol. The van der Waals surface area contributed by atoms with Gasteiger partial charge in [0, 0.05) is 13.1 Å². The van der Waals surface area contributed by atoms with Crippen molar-refractivity contribution in [1.29, 1.82) is 0 Å². The maximum atomic E-state index is 12.9. The van der Waals surface area contributed by atoms with Crippen LogP contribution in [0.2, 0.25) is 5.02 Å². The largest absolute Gasteiger partial charge is 0.494 e. The lowest BCUT2D eigenvalue weighted by Gasteiger charge is -2.34. The number of alkyl halides is 1. The normalized spacial score (nSPS) is 23.3. The molecular formula is C25H30ClFN4O2. The zero-order chi connectivity index (χ0) is 22.8. The molecule has 1 aliphatic carbocycles. The Labute approximate surface area is 199 Å². The van der Waals surface area contributed by atoms with Gasteiger partial charge in [-0.05, 0) is 61.1 Å². The molecule has 0 bridgehead atoms. The molecule has 3 heterocycles. The van der Waals surface area contributed by atoms with E-state index in [-0.39, 0.29) is 19.0 Å². The first-order chi connectivity index (χ1) is 16.0. The molecule has 3 fully saturated rings. The number of halogens is 2. The Morgan fingerprint density at radius 2 is 1.82 bits per heavy atom. The van der Waals surface area contributed by atoms with Crippen molar-refractivity contribution in [1.82, 2.24) is 14.9 Å². The SMILES string of the molecule is O=C(Cc1ccc(OCCC2CC2C2CCN(c3ncc(Cl)cn3)CC2)cc1)N1CC(F)C1. The summed E-state index contributed by atoms with van der Waals surface area (Å²) in [6.45, 7) is 3.21. The van der Waals surface area contributed by atoms with Crippen LogP contribution < -0.4 is 9.64 Å². The molecule has 3 aliphatic rings. The molecule has 1 aromatic heterocycles. The predicted octanol–water partition coefficient (Wildman–Crippen LogP) is 4.17. The lowest BCUT2D eigenvalue weighted by molar-refractivity contribution is -0.137. The third kappa shape index (κ3) is 5.57. The van der Waals surface area contributed by atoms with Gasteiger partial charge < -0.3 is 14.5 Å². The molecule has 176 valence electrons. The maximum absolute atomic E-state index is 12.9. The fraction of sp³-hybridized carbons (Fsp3) is 0.560. The molecule has 0 radical (unpaired) electrons. The molecule has 33 heavy (non-hydrogen) atoms. The molecule has 1 amide bonds. The Balaban J connectivity index is 0.991. The molecule has 6 nitrogen and oxygen atoms in total. The number of piperidine rings is 1. The number of amides is 1. The monoisotopic (exact) mass is 472 g/mol. The number of hydrogen-bond donors (Lipinski definition) is 0. The van der Waals surface area contributed by atoms with Gasteiger partial charge in [0.25, 0.3) is 0 Å². The molecule has 0 N–H and O–H groups in total. The first-order valence-corrected chi connectivity index (χ1v) is 12.3. The Kier molecular flexibility index (Phi) is 6.67. The van der Waals surface area contributed by atoms with Crippen LogP contribution in [0, 0.1) is 17.8 Å². The summed E-state index contributed by atoms with van der Waals surface area (Å²) in [5, 5.41) is 0.572. The molecule has 1 aromatic carbocycles. The number of hydrogen-bond acceptors (Lipinski definition) is 5. The summed E-state index contributed by atoms with van der Waals surface area (Å²) in [6, 6.07) is 7.71. The smallest absolute Gasteiger partial charge is 0.227 e. The number of anilines is 1. The van der Waals surface area contributed by atoms with E-state index in [0.717, 1.165) is 61.1 Å². The number of nitrogens with zero attached hydrogens (tertiary/aromatic N) is 4. The summed E-state index contributed by atoms with van der Waals surface area (Å²) >= 11 is 5.89. The highest BCUT2D eigenvalue weighted by molar-refractivity contribution is 6.30. The topological polar surface area (TPSA) is 58.6 Å². The summed E-state index contributed by atoms with van der Waals surface area (Å²) in [7, 11) is 0. The highest BCUT2D eigenvalue weighted by atomic mass is 35.5. The lowest BCUT2D eigenvalue weighted by atomic mass is 9.90. The molecule has 2 aliphatic heterocycles. The third-order valence-corrected chi connectivity index (χ3v) is 7.43. The summed E-state index contributed by atoms with van der Waals surface area (Å²) in [6.07, 6.45) is 7.57. The van der Waals surface area contributed by atoms with Gasteiger partial charge in [-0.25, -0.2) is 14.4 Å². The Morgan fingerprint density at radius 1 is 1.12 bits per heavy atom. The van der Waals surface area contributed by atoms with Crippen molar-refractivity contribution in [2.75, 3.05) is 37.7 Å². The fourth-order valence-corrected chi connectivity index (χ4v) is 5.22. The minimum Gasteiger partial charge on any atom is -0.494 e. The second-order valence-corrected chi connectivity index (χ2v) is 9.98. The van der Waals surface area contributed by atoms with E-state index in [4.69, 9.17) is 16.3 Å². The minimum atomic E-state index is -0.854. The van der Waals surface area contributed by atoms with Gasteiger partial charge in [0.05, 0.1) is 43.5 Å². The Hall–Kier alpha value is -2.41. The van der Waals surface area contributed by atoms with Gasteiger partial charge in [-0.3, -0.25) is 4.79 Å². The van der Waals surface area contributed by atoms with Crippen LogP contribution in [-0.4, -0.2) is 59.7 Å². The van der Waals surface area contributed by atoms with E-state index in [1.165, 1.54) is 19.3 Å². The van der Waals surface area contributed by atoms with Gasteiger partial charge in [-0.1, -0.05) is 23.7 Å². The van der Waals surface area contributed by atoms with Crippen molar-refractivity contribution in [3.63, 3.8) is 0 Å². The van der Waals surface area contributed by atoms with E-state index < -0.39 is 6.17 Å². The van der Waals surface area contributed by atoms with Gasteiger partial charge in [-0.2, -0.15) is 0 Å². The predicted molar refractivity (Wildman–Crippen MR) is 125 cm³/mol. The van der Waals surface area contributed by atoms with E-state index in [2.05, 4.69) is 14.9 Å². The molecule has 2 unspecified atom stereocenters. The lowest BCUT2D eigenvalue weighted by Crippen LogP contribution is -2.51. The van der Waals surface area contributed by atoms with Crippen LogP contribution in [0.25, 0.3) is 0 Å². The molecule has 8 heteroatoms. The molecule has 1 saturated carbocycles. The van der Waals surface area contributed by atoms with E-state index in [9.17, 15) is 9.18 Å². The second kappa shape index (κ2) is 9.84. The summed E-state index contributed by atoms with van der Waals surface area (Å²) in [5.41, 5.74) is 0.937. The first-order valence-electron chi connectivity index (χ1n) is 11.9. The summed E-state index contributed by atoms with van der Waals surface area (Å²) < 4.78 is 18.8. The summed E-state index contributed by atoms with van der Waals surface area (Å²) in [4.78, 5) is 24.6. The minimum absolute atomic E-state index is 0.0103. The van der Waals surface area contributed by atoms with Crippen LogP contribution in [0.4, 0.5) is 10.3 Å². The van der Waals surface area contributed by atoms with Crippen molar-refractivity contribution < 1.29 is 13.9 Å². The van der Waals surface area contributed by atoms with Gasteiger partial charge in [-0.15, -0.1) is 0 Å². The Bertz CT molecular complexity index is 944. The van der Waals surface area contributed by atoms with Crippen molar-refractivity contribution in [3.8, 4) is 5.75 Å². The van der Waals surface area contributed by atoms with E-state index in [1.807, 2.05) is 24.3 Å². The van der Waals surface area contributed by atoms with Crippen LogP contribution in [0.3, 0.4) is 0 Å². The van der Waals surface area contributed by atoms with Gasteiger partial charge in [0.2, 0.25) is 11.9 Å². The zero-order valence-corrected chi connectivity index (χ0v) is 19.5. The highest BCUT2D eigenvalue weighted by Crippen LogP contribution is 2.49. The molecule has 2 aromatic rings. The summed E-state index contributed by atoms with van der Waals surface area (Å²) in [5.74, 6) is 3.98. The second-order valence-electron chi connectivity index (χ2n) is 9.54. The number of likely N-dealkylation sites (tertiary alicyclic amines) is 1. The van der Waals surface area contributed by atoms with Crippen LogP contribution in [0.5, 0.6) is 5.75 Å². The van der Waals surface area contributed by atoms with Crippen molar-refractivity contribution in [2.45, 2.75) is 38.3 Å². The van der Waals surface area contributed by atoms with Gasteiger partial charge in [0.1, 0.15) is 11.9 Å². The van der Waals surface area contributed by atoms with Crippen LogP contribution >= 0.6 is 11.6 Å². The molecule has 5 rings (SSSR count). The molecule has 2 atom stereocenters. The number of ether oxygens (including phenoxy) is 1. The van der Waals surface area contributed by atoms with Crippen molar-refractivity contribution in [3.05, 3.63) is 47.2 Å². The van der Waals surface area contributed by atoms with Crippen LogP contribution in [-0.2, 0) is 11.2 Å². The fourth-order valence-electron chi connectivity index (χ4n) is 5.12. The zero-order valence-electron chi connectivity index (χ0n) is 18.7. The molecule has 0 spiro atoms. The van der Waals surface area contributed by atoms with Gasteiger partial charge >= 0.3 is 0 Å². The Morgan fingerprint density at radius 3 is 2.48 bits per heavy atom. The van der Waals surface area contributed by atoms with Crippen molar-refractivity contribution in [2.24, 2.45) is 17.8 Å². The average molecular weight is 473 g/mol. The van der Waals surface area contributed by atoms with Crippen LogP contribution in [0.1, 0.15) is 31.2 Å². The molecule has 2 saturated heterocycles. The highest BCUT2D eigenvalue weighted by Gasteiger charge is 2.43. The number of benzene rings is 1. The maximum Gasteiger partial charge on any atom is 0.227 e. The van der Waals surface area contributed by atoms with Crippen molar-refractivity contribution >= 4 is 23.5 Å². The quantitative estimate of drug-likeness (QED) is 0.577. The van der Waals surface area contributed by atoms with Crippen LogP contribution in [0.15, 0.2) is 36.7 Å². The van der Waals surface area contributed by atoms with Gasteiger partial charge in [0.15, 0.2) is 0 Å². The number of carbonyl (C=O) groups excluding carboxylic acids is 1.